The molecule has 3 heteroatoms. The Bertz CT molecular complexity index is 222. The van der Waals surface area contributed by atoms with Crippen molar-refractivity contribution in [3.8, 4) is 0 Å². The molecule has 2 heterocycles. The van der Waals surface area contributed by atoms with E-state index in [0.717, 1.165) is 6.42 Å². The van der Waals surface area contributed by atoms with Gasteiger partial charge in [-0.2, -0.15) is 0 Å². The van der Waals surface area contributed by atoms with E-state index in [1.807, 2.05) is 11.4 Å². The summed E-state index contributed by atoms with van der Waals surface area (Å²) in [6.45, 7) is 0. The maximum Gasteiger partial charge on any atom is 0.167 e. The van der Waals surface area contributed by atoms with Gasteiger partial charge in [0.1, 0.15) is 6.21 Å². The van der Waals surface area contributed by atoms with Crippen LogP contribution in [-0.4, -0.2) is 6.21 Å². The van der Waals surface area contributed by atoms with E-state index >= 15 is 0 Å². The van der Waals surface area contributed by atoms with Gasteiger partial charge in [-0.3, -0.25) is 0 Å². The molecule has 1 aromatic heterocycles. The van der Waals surface area contributed by atoms with Crippen LogP contribution < -0.4 is 0 Å². The Hall–Kier alpha value is -0.830. The SMILES string of the molecule is [C]1=NOC(c2cccs2)C1. The zero-order chi connectivity index (χ0) is 6.81. The number of thiophene rings is 1. The topological polar surface area (TPSA) is 21.6 Å². The van der Waals surface area contributed by atoms with E-state index in [4.69, 9.17) is 4.84 Å². The maximum atomic E-state index is 5.02. The molecule has 10 heavy (non-hydrogen) atoms. The van der Waals surface area contributed by atoms with Gasteiger partial charge >= 0.3 is 0 Å². The molecule has 0 saturated heterocycles. The van der Waals surface area contributed by atoms with Crippen molar-refractivity contribution >= 4 is 17.6 Å². The highest BCUT2D eigenvalue weighted by Gasteiger charge is 2.16. The first-order valence-electron chi connectivity index (χ1n) is 3.09. The molecule has 51 valence electrons. The van der Waals surface area contributed by atoms with Gasteiger partial charge in [-0.25, -0.2) is 0 Å². The molecule has 0 aliphatic carbocycles. The summed E-state index contributed by atoms with van der Waals surface area (Å²) in [4.78, 5) is 6.25. The standard InChI is InChI=1S/C7H6NOS/c1-2-7(10-5-1)6-3-4-8-9-6/h1-2,5-6H,3H2. The Morgan fingerprint density at radius 1 is 1.80 bits per heavy atom. The van der Waals surface area contributed by atoms with Crippen LogP contribution in [0.4, 0.5) is 0 Å². The maximum absolute atomic E-state index is 5.02. The van der Waals surface area contributed by atoms with E-state index < -0.39 is 0 Å². The summed E-state index contributed by atoms with van der Waals surface area (Å²) >= 11 is 1.70. The molecule has 1 atom stereocenters. The Balaban J connectivity index is 2.14. The lowest BCUT2D eigenvalue weighted by atomic mass is 10.2. The second kappa shape index (κ2) is 2.42. The van der Waals surface area contributed by atoms with Gasteiger partial charge in [0.2, 0.25) is 0 Å². The Labute approximate surface area is 63.1 Å². The molecular formula is C7H6NOS. The number of hydrogen-bond acceptors (Lipinski definition) is 3. The van der Waals surface area contributed by atoms with Crippen LogP contribution in [0.3, 0.4) is 0 Å². The summed E-state index contributed by atoms with van der Waals surface area (Å²) in [7, 11) is 0. The van der Waals surface area contributed by atoms with Crippen LogP contribution in [0.1, 0.15) is 17.4 Å². The molecule has 1 radical (unpaired) electrons. The Kier molecular flexibility index (Phi) is 1.43. The van der Waals surface area contributed by atoms with E-state index in [-0.39, 0.29) is 6.10 Å². The van der Waals surface area contributed by atoms with Gasteiger partial charge in [-0.05, 0) is 11.4 Å². The minimum atomic E-state index is 0.139. The molecule has 1 aliphatic rings. The normalized spacial score (nSPS) is 23.0. The van der Waals surface area contributed by atoms with Crippen molar-refractivity contribution in [2.75, 3.05) is 0 Å². The summed E-state index contributed by atoms with van der Waals surface area (Å²) in [5, 5.41) is 5.62. The molecule has 0 fully saturated rings. The van der Waals surface area contributed by atoms with Crippen molar-refractivity contribution in [3.05, 3.63) is 22.4 Å². The van der Waals surface area contributed by atoms with Crippen molar-refractivity contribution in [2.45, 2.75) is 12.5 Å². The van der Waals surface area contributed by atoms with Crippen molar-refractivity contribution in [3.63, 3.8) is 0 Å². The lowest BCUT2D eigenvalue weighted by Gasteiger charge is -2.02. The van der Waals surface area contributed by atoms with Crippen LogP contribution >= 0.6 is 11.3 Å². The molecule has 2 rings (SSSR count). The molecule has 0 aromatic carbocycles. The lowest BCUT2D eigenvalue weighted by Crippen LogP contribution is -1.90. The van der Waals surface area contributed by atoms with Gasteiger partial charge in [0, 0.05) is 11.3 Å². The minimum absolute atomic E-state index is 0.139. The first kappa shape index (κ1) is 5.92. The second-order valence-corrected chi connectivity index (χ2v) is 3.04. The molecule has 1 aliphatic heterocycles. The molecule has 1 unspecified atom stereocenters. The predicted octanol–water partition coefficient (Wildman–Crippen LogP) is 2.07. The third-order valence-electron chi connectivity index (χ3n) is 1.38. The van der Waals surface area contributed by atoms with E-state index in [0.29, 0.717) is 0 Å². The highest BCUT2D eigenvalue weighted by Crippen LogP contribution is 2.27. The van der Waals surface area contributed by atoms with Crippen LogP contribution in [0, 0.1) is 0 Å². The van der Waals surface area contributed by atoms with Crippen LogP contribution in [-0.2, 0) is 4.84 Å². The van der Waals surface area contributed by atoms with Crippen molar-refractivity contribution in [2.24, 2.45) is 5.16 Å². The minimum Gasteiger partial charge on any atom is -0.386 e. The third kappa shape index (κ3) is 0.926. The fourth-order valence-corrected chi connectivity index (χ4v) is 1.63. The van der Waals surface area contributed by atoms with E-state index in [9.17, 15) is 0 Å². The largest absolute Gasteiger partial charge is 0.386 e. The van der Waals surface area contributed by atoms with Gasteiger partial charge in [0.25, 0.3) is 0 Å². The fourth-order valence-electron chi connectivity index (χ4n) is 0.885. The molecule has 0 N–H and O–H groups in total. The highest BCUT2D eigenvalue weighted by atomic mass is 32.1. The van der Waals surface area contributed by atoms with Crippen molar-refractivity contribution < 1.29 is 4.84 Å². The Morgan fingerprint density at radius 2 is 2.80 bits per heavy atom. The molecule has 1 aromatic rings. The van der Waals surface area contributed by atoms with Gasteiger partial charge in [0.05, 0.1) is 0 Å². The first-order chi connectivity index (χ1) is 4.97. The van der Waals surface area contributed by atoms with Gasteiger partial charge in [-0.1, -0.05) is 11.2 Å². The monoisotopic (exact) mass is 152 g/mol. The summed E-state index contributed by atoms with van der Waals surface area (Å²) in [6.07, 6.45) is 3.70. The first-order valence-corrected chi connectivity index (χ1v) is 3.97. The third-order valence-corrected chi connectivity index (χ3v) is 2.35. The van der Waals surface area contributed by atoms with Gasteiger partial charge in [0.15, 0.2) is 6.10 Å². The Morgan fingerprint density at radius 3 is 3.40 bits per heavy atom. The molecule has 0 saturated carbocycles. The average molecular weight is 152 g/mol. The zero-order valence-corrected chi connectivity index (χ0v) is 6.10. The van der Waals surface area contributed by atoms with Gasteiger partial charge < -0.3 is 4.84 Å². The van der Waals surface area contributed by atoms with Crippen LogP contribution in [0.15, 0.2) is 22.7 Å². The lowest BCUT2D eigenvalue weighted by molar-refractivity contribution is 0.0884. The zero-order valence-electron chi connectivity index (χ0n) is 5.28. The van der Waals surface area contributed by atoms with Crippen molar-refractivity contribution in [1.82, 2.24) is 0 Å². The smallest absolute Gasteiger partial charge is 0.167 e. The quantitative estimate of drug-likeness (QED) is 0.603. The highest BCUT2D eigenvalue weighted by molar-refractivity contribution is 7.10. The van der Waals surface area contributed by atoms with Gasteiger partial charge in [-0.15, -0.1) is 11.3 Å². The summed E-state index contributed by atoms with van der Waals surface area (Å²) in [5.74, 6) is 0. The molecule has 2 nitrogen and oxygen atoms in total. The molecule has 0 spiro atoms. The molecule has 0 bridgehead atoms. The van der Waals surface area contributed by atoms with E-state index in [1.165, 1.54) is 4.88 Å². The fraction of sp³-hybridized carbons (Fsp3) is 0.286. The number of rotatable bonds is 1. The predicted molar refractivity (Wildman–Crippen MR) is 40.2 cm³/mol. The summed E-state index contributed by atoms with van der Waals surface area (Å²) in [6, 6.07) is 4.07. The molecular weight excluding hydrogens is 146 g/mol. The number of nitrogens with zero attached hydrogens (tertiary/aromatic N) is 1. The average Bonchev–Trinajstić information content (AvgIpc) is 2.59. The van der Waals surface area contributed by atoms with E-state index in [2.05, 4.69) is 17.4 Å². The number of hydrogen-bond donors (Lipinski definition) is 0. The summed E-state index contributed by atoms with van der Waals surface area (Å²) in [5.41, 5.74) is 0. The second-order valence-electron chi connectivity index (χ2n) is 2.06. The summed E-state index contributed by atoms with van der Waals surface area (Å²) < 4.78 is 0. The van der Waals surface area contributed by atoms with Crippen LogP contribution in [0.2, 0.25) is 0 Å². The molecule has 0 amide bonds. The van der Waals surface area contributed by atoms with Crippen LogP contribution in [0.5, 0.6) is 0 Å². The van der Waals surface area contributed by atoms with E-state index in [1.54, 1.807) is 11.3 Å². The van der Waals surface area contributed by atoms with Crippen LogP contribution in [0.25, 0.3) is 0 Å². The van der Waals surface area contributed by atoms with Crippen molar-refractivity contribution in [1.29, 1.82) is 0 Å².